The molecule has 1 aromatic carbocycles. The normalized spacial score (nSPS) is 18.4. The standard InChI is InChI=1S/C17H24N2O5S/c1-4-9-18-17(20)13-6-5-10-19(12-13)25(21,22)14-7-8-15(23-2)16(11-14)24-3/h4,7-8,11,13H,1,5-6,9-10,12H2,2-3H3,(H,18,20)/t13-/m1/s1. The maximum Gasteiger partial charge on any atom is 0.243 e. The summed E-state index contributed by atoms with van der Waals surface area (Å²) in [7, 11) is -0.766. The molecule has 1 N–H and O–H groups in total. The molecule has 1 aromatic rings. The zero-order chi connectivity index (χ0) is 18.4. The van der Waals surface area contributed by atoms with Crippen molar-refractivity contribution in [3.05, 3.63) is 30.9 Å². The average molecular weight is 368 g/mol. The van der Waals surface area contributed by atoms with E-state index < -0.39 is 10.0 Å². The molecule has 1 fully saturated rings. The molecular formula is C17H24N2O5S. The Kier molecular flexibility index (Phi) is 6.44. The number of rotatable bonds is 7. The lowest BCUT2D eigenvalue weighted by atomic mass is 9.99. The highest BCUT2D eigenvalue weighted by molar-refractivity contribution is 7.89. The first kappa shape index (κ1) is 19.3. The molecule has 0 aliphatic carbocycles. The smallest absolute Gasteiger partial charge is 0.243 e. The minimum absolute atomic E-state index is 0.122. The molecule has 1 heterocycles. The van der Waals surface area contributed by atoms with Crippen molar-refractivity contribution in [2.45, 2.75) is 17.7 Å². The number of nitrogens with one attached hydrogen (secondary N) is 1. The third-order valence-electron chi connectivity index (χ3n) is 4.17. The second kappa shape index (κ2) is 8.35. The van der Waals surface area contributed by atoms with Crippen LogP contribution in [0.2, 0.25) is 0 Å². The van der Waals surface area contributed by atoms with E-state index >= 15 is 0 Å². The first-order valence-corrected chi connectivity index (χ1v) is 9.48. The average Bonchev–Trinajstić information content (AvgIpc) is 2.65. The van der Waals surface area contributed by atoms with Crippen LogP contribution in [-0.2, 0) is 14.8 Å². The van der Waals surface area contributed by atoms with E-state index in [-0.39, 0.29) is 23.3 Å². The largest absolute Gasteiger partial charge is 0.493 e. The van der Waals surface area contributed by atoms with E-state index in [0.29, 0.717) is 37.4 Å². The molecule has 2 rings (SSSR count). The summed E-state index contributed by atoms with van der Waals surface area (Å²) in [6.45, 7) is 4.49. The van der Waals surface area contributed by atoms with Gasteiger partial charge in [-0.3, -0.25) is 4.79 Å². The number of benzene rings is 1. The molecule has 0 radical (unpaired) electrons. The Morgan fingerprint density at radius 1 is 1.36 bits per heavy atom. The first-order chi connectivity index (χ1) is 11.9. The Labute approximate surface area is 148 Å². The Morgan fingerprint density at radius 2 is 2.08 bits per heavy atom. The molecule has 25 heavy (non-hydrogen) atoms. The second-order valence-electron chi connectivity index (χ2n) is 5.75. The van der Waals surface area contributed by atoms with E-state index in [2.05, 4.69) is 11.9 Å². The van der Waals surface area contributed by atoms with Gasteiger partial charge in [0.15, 0.2) is 11.5 Å². The van der Waals surface area contributed by atoms with Gasteiger partial charge in [-0.2, -0.15) is 4.31 Å². The molecule has 0 unspecified atom stereocenters. The Hall–Kier alpha value is -2.06. The number of carbonyl (C=O) groups excluding carboxylic acids is 1. The topological polar surface area (TPSA) is 84.9 Å². The maximum atomic E-state index is 12.9. The predicted octanol–water partition coefficient (Wildman–Crippen LogP) is 1.41. The minimum atomic E-state index is -3.71. The van der Waals surface area contributed by atoms with E-state index in [1.165, 1.54) is 30.7 Å². The second-order valence-corrected chi connectivity index (χ2v) is 7.69. The molecule has 0 aromatic heterocycles. The molecule has 0 bridgehead atoms. The highest BCUT2D eigenvalue weighted by Gasteiger charge is 2.33. The maximum absolute atomic E-state index is 12.9. The molecular weight excluding hydrogens is 344 g/mol. The predicted molar refractivity (Wildman–Crippen MR) is 94.2 cm³/mol. The van der Waals surface area contributed by atoms with Gasteiger partial charge >= 0.3 is 0 Å². The van der Waals surface area contributed by atoms with Crippen LogP contribution >= 0.6 is 0 Å². The quantitative estimate of drug-likeness (QED) is 0.736. The highest BCUT2D eigenvalue weighted by Crippen LogP contribution is 2.32. The number of ether oxygens (including phenoxy) is 2. The third-order valence-corrected chi connectivity index (χ3v) is 6.03. The van der Waals surface area contributed by atoms with E-state index in [9.17, 15) is 13.2 Å². The fourth-order valence-corrected chi connectivity index (χ4v) is 4.36. The van der Waals surface area contributed by atoms with Gasteiger partial charge in [-0.05, 0) is 25.0 Å². The molecule has 1 atom stereocenters. The molecule has 0 saturated carbocycles. The van der Waals surface area contributed by atoms with Gasteiger partial charge in [0.05, 0.1) is 25.0 Å². The molecule has 0 spiro atoms. The van der Waals surface area contributed by atoms with E-state index in [4.69, 9.17) is 9.47 Å². The molecule has 1 amide bonds. The monoisotopic (exact) mass is 368 g/mol. The lowest BCUT2D eigenvalue weighted by molar-refractivity contribution is -0.125. The van der Waals surface area contributed by atoms with Gasteiger partial charge < -0.3 is 14.8 Å². The zero-order valence-electron chi connectivity index (χ0n) is 14.5. The number of piperidine rings is 1. The Morgan fingerprint density at radius 3 is 2.72 bits per heavy atom. The Balaban J connectivity index is 2.21. The number of sulfonamides is 1. The van der Waals surface area contributed by atoms with Crippen molar-refractivity contribution in [2.75, 3.05) is 33.9 Å². The molecule has 7 nitrogen and oxygen atoms in total. The summed E-state index contributed by atoms with van der Waals surface area (Å²) in [5.74, 6) is 0.304. The summed E-state index contributed by atoms with van der Waals surface area (Å²) in [6.07, 6.45) is 2.90. The molecule has 1 saturated heterocycles. The number of methoxy groups -OCH3 is 2. The number of hydrogen-bond acceptors (Lipinski definition) is 5. The van der Waals surface area contributed by atoms with Crippen LogP contribution in [0.1, 0.15) is 12.8 Å². The fourth-order valence-electron chi connectivity index (χ4n) is 2.82. The molecule has 1 aliphatic rings. The summed E-state index contributed by atoms with van der Waals surface area (Å²) >= 11 is 0. The van der Waals surface area contributed by atoms with E-state index in [1.54, 1.807) is 12.1 Å². The highest BCUT2D eigenvalue weighted by atomic mass is 32.2. The molecule has 8 heteroatoms. The summed E-state index contributed by atoms with van der Waals surface area (Å²) in [5.41, 5.74) is 0. The van der Waals surface area contributed by atoms with Crippen molar-refractivity contribution < 1.29 is 22.7 Å². The Bertz CT molecular complexity index is 733. The van der Waals surface area contributed by atoms with Gasteiger partial charge in [-0.25, -0.2) is 8.42 Å². The summed E-state index contributed by atoms with van der Waals surface area (Å²) in [6, 6.07) is 4.48. The number of amides is 1. The number of nitrogens with zero attached hydrogens (tertiary/aromatic N) is 1. The van der Waals surface area contributed by atoms with Crippen LogP contribution in [0, 0.1) is 5.92 Å². The zero-order valence-corrected chi connectivity index (χ0v) is 15.3. The SMILES string of the molecule is C=CCNC(=O)[C@@H]1CCCN(S(=O)(=O)c2ccc(OC)c(OC)c2)C1. The third kappa shape index (κ3) is 4.32. The van der Waals surface area contributed by atoms with Crippen LogP contribution in [0.25, 0.3) is 0 Å². The van der Waals surface area contributed by atoms with Crippen molar-refractivity contribution >= 4 is 15.9 Å². The van der Waals surface area contributed by atoms with Crippen LogP contribution < -0.4 is 14.8 Å². The van der Waals surface area contributed by atoms with Crippen molar-refractivity contribution in [1.29, 1.82) is 0 Å². The van der Waals surface area contributed by atoms with Crippen molar-refractivity contribution in [1.82, 2.24) is 9.62 Å². The van der Waals surface area contributed by atoms with Crippen molar-refractivity contribution in [3.8, 4) is 11.5 Å². The number of hydrogen-bond donors (Lipinski definition) is 1. The first-order valence-electron chi connectivity index (χ1n) is 8.04. The van der Waals surface area contributed by atoms with Crippen LogP contribution in [0.4, 0.5) is 0 Å². The van der Waals surface area contributed by atoms with Crippen molar-refractivity contribution in [3.63, 3.8) is 0 Å². The van der Waals surface area contributed by atoms with Crippen LogP contribution in [-0.4, -0.2) is 52.5 Å². The lowest BCUT2D eigenvalue weighted by Gasteiger charge is -2.31. The van der Waals surface area contributed by atoms with Gasteiger partial charge in [-0.1, -0.05) is 6.08 Å². The summed E-state index contributed by atoms with van der Waals surface area (Å²) in [5, 5.41) is 2.73. The fraction of sp³-hybridized carbons (Fsp3) is 0.471. The van der Waals surface area contributed by atoms with E-state index in [1.807, 2.05) is 0 Å². The van der Waals surface area contributed by atoms with Crippen LogP contribution in [0.5, 0.6) is 11.5 Å². The minimum Gasteiger partial charge on any atom is -0.493 e. The van der Waals surface area contributed by atoms with E-state index in [0.717, 1.165) is 0 Å². The summed E-state index contributed by atoms with van der Waals surface area (Å²) in [4.78, 5) is 12.3. The van der Waals surface area contributed by atoms with Gasteiger partial charge in [0.25, 0.3) is 0 Å². The van der Waals surface area contributed by atoms with Crippen molar-refractivity contribution in [2.24, 2.45) is 5.92 Å². The van der Waals surface area contributed by atoms with Gasteiger partial charge in [0.2, 0.25) is 15.9 Å². The lowest BCUT2D eigenvalue weighted by Crippen LogP contribution is -2.45. The molecule has 1 aliphatic heterocycles. The van der Waals surface area contributed by atoms with Gasteiger partial charge in [0.1, 0.15) is 0 Å². The van der Waals surface area contributed by atoms with Gasteiger partial charge in [-0.15, -0.1) is 6.58 Å². The molecule has 138 valence electrons. The van der Waals surface area contributed by atoms with Gasteiger partial charge in [0, 0.05) is 25.7 Å². The van der Waals surface area contributed by atoms with Crippen LogP contribution in [0.3, 0.4) is 0 Å². The summed E-state index contributed by atoms with van der Waals surface area (Å²) < 4.78 is 37.5. The van der Waals surface area contributed by atoms with Crippen LogP contribution in [0.15, 0.2) is 35.7 Å². The number of carbonyl (C=O) groups is 1.